The molecule has 1 fully saturated rings. The molecule has 0 bridgehead atoms. The third-order valence-corrected chi connectivity index (χ3v) is 3.23. The van der Waals surface area contributed by atoms with E-state index in [2.05, 4.69) is 29.8 Å². The second-order valence-electron chi connectivity index (χ2n) is 4.92. The first-order valence-electron chi connectivity index (χ1n) is 7.09. The first kappa shape index (κ1) is 15.2. The highest BCUT2D eigenvalue weighted by atomic mass is 16.5. The molecule has 1 atom stereocenters. The smallest absolute Gasteiger partial charge is 0.314 e. The lowest BCUT2D eigenvalue weighted by atomic mass is 9.96. The number of hydrogen-bond donors (Lipinski definition) is 3. The molecule has 0 aromatic carbocycles. The number of carbonyl (C=O) groups is 1. The van der Waals surface area contributed by atoms with Crippen LogP contribution in [0.1, 0.15) is 39.5 Å². The van der Waals surface area contributed by atoms with Gasteiger partial charge in [0.05, 0.1) is 12.2 Å². The summed E-state index contributed by atoms with van der Waals surface area (Å²) in [4.78, 5) is 11.6. The maximum absolute atomic E-state index is 11.6. The van der Waals surface area contributed by atoms with Crippen molar-refractivity contribution in [1.29, 1.82) is 0 Å². The van der Waals surface area contributed by atoms with E-state index in [1.165, 1.54) is 0 Å². The fraction of sp³-hybridized carbons (Fsp3) is 0.923. The Bertz CT molecular complexity index is 235. The number of amides is 2. The maximum atomic E-state index is 11.6. The van der Waals surface area contributed by atoms with E-state index in [0.717, 1.165) is 51.9 Å². The van der Waals surface area contributed by atoms with Gasteiger partial charge < -0.3 is 20.7 Å². The van der Waals surface area contributed by atoms with Crippen molar-refractivity contribution in [3.8, 4) is 0 Å². The van der Waals surface area contributed by atoms with Gasteiger partial charge in [-0.3, -0.25) is 0 Å². The lowest BCUT2D eigenvalue weighted by molar-refractivity contribution is -0.0681. The van der Waals surface area contributed by atoms with E-state index in [-0.39, 0.29) is 11.6 Å². The molecule has 1 unspecified atom stereocenters. The predicted molar refractivity (Wildman–Crippen MR) is 72.8 cm³/mol. The predicted octanol–water partition coefficient (Wildman–Crippen LogP) is 1.24. The van der Waals surface area contributed by atoms with E-state index in [9.17, 15) is 4.79 Å². The Kier molecular flexibility index (Phi) is 7.05. The number of morpholine rings is 1. The molecule has 0 radical (unpaired) electrons. The van der Waals surface area contributed by atoms with Crippen LogP contribution in [0.5, 0.6) is 0 Å². The molecule has 1 rings (SSSR count). The molecule has 5 nitrogen and oxygen atoms in total. The molecule has 1 aliphatic rings. The van der Waals surface area contributed by atoms with E-state index in [1.54, 1.807) is 0 Å². The van der Waals surface area contributed by atoms with Gasteiger partial charge in [0.1, 0.15) is 0 Å². The minimum Gasteiger partial charge on any atom is -0.371 e. The van der Waals surface area contributed by atoms with Gasteiger partial charge in [-0.05, 0) is 12.8 Å². The van der Waals surface area contributed by atoms with Crippen LogP contribution in [0.25, 0.3) is 0 Å². The summed E-state index contributed by atoms with van der Waals surface area (Å²) in [6.07, 6.45) is 4.13. The maximum Gasteiger partial charge on any atom is 0.314 e. The monoisotopic (exact) mass is 257 g/mol. The summed E-state index contributed by atoms with van der Waals surface area (Å²) in [5, 5.41) is 9.12. The number of hydrogen-bond acceptors (Lipinski definition) is 3. The molecular weight excluding hydrogens is 230 g/mol. The number of urea groups is 1. The summed E-state index contributed by atoms with van der Waals surface area (Å²) in [6.45, 7) is 8.00. The largest absolute Gasteiger partial charge is 0.371 e. The van der Waals surface area contributed by atoms with Gasteiger partial charge in [-0.2, -0.15) is 0 Å². The number of unbranched alkanes of at least 4 members (excludes halogenated alkanes) is 1. The zero-order chi connectivity index (χ0) is 13.3. The number of rotatable bonds is 7. The molecular formula is C13H27N3O2. The van der Waals surface area contributed by atoms with Crippen LogP contribution in [0.4, 0.5) is 4.79 Å². The van der Waals surface area contributed by atoms with Crippen LogP contribution >= 0.6 is 0 Å². The Morgan fingerprint density at radius 3 is 2.78 bits per heavy atom. The average molecular weight is 257 g/mol. The Morgan fingerprint density at radius 2 is 2.17 bits per heavy atom. The Labute approximate surface area is 110 Å². The van der Waals surface area contributed by atoms with Crippen LogP contribution < -0.4 is 16.0 Å². The summed E-state index contributed by atoms with van der Waals surface area (Å²) in [7, 11) is 0. The van der Waals surface area contributed by atoms with Gasteiger partial charge in [-0.15, -0.1) is 0 Å². The quantitative estimate of drug-likeness (QED) is 0.601. The van der Waals surface area contributed by atoms with Crippen molar-refractivity contribution in [1.82, 2.24) is 16.0 Å². The second-order valence-corrected chi connectivity index (χ2v) is 4.92. The molecule has 0 saturated carbocycles. The van der Waals surface area contributed by atoms with E-state index >= 15 is 0 Å². The molecule has 1 aliphatic heterocycles. The zero-order valence-corrected chi connectivity index (χ0v) is 11.7. The minimum absolute atomic E-state index is 0.0897. The Hall–Kier alpha value is -0.810. The van der Waals surface area contributed by atoms with Crippen LogP contribution in [0.3, 0.4) is 0 Å². The molecule has 1 heterocycles. The van der Waals surface area contributed by atoms with Crippen molar-refractivity contribution in [2.45, 2.75) is 45.1 Å². The molecule has 1 saturated heterocycles. The van der Waals surface area contributed by atoms with Crippen LogP contribution in [-0.2, 0) is 4.74 Å². The van der Waals surface area contributed by atoms with E-state index in [0.29, 0.717) is 6.54 Å². The molecule has 0 aromatic rings. The fourth-order valence-electron chi connectivity index (χ4n) is 2.21. The topological polar surface area (TPSA) is 62.4 Å². The van der Waals surface area contributed by atoms with Gasteiger partial charge in [0, 0.05) is 26.2 Å². The standard InChI is InChI=1S/C13H27N3O2/c1-3-5-7-15-12(17)16-11-13(6-4-2)10-14-8-9-18-13/h14H,3-11H2,1-2H3,(H2,15,16,17). The molecule has 0 aliphatic carbocycles. The van der Waals surface area contributed by atoms with Gasteiger partial charge in [-0.25, -0.2) is 4.79 Å². The summed E-state index contributed by atoms with van der Waals surface area (Å²) < 4.78 is 5.88. The normalized spacial score (nSPS) is 23.7. The highest BCUT2D eigenvalue weighted by Gasteiger charge is 2.32. The van der Waals surface area contributed by atoms with E-state index in [1.807, 2.05) is 0 Å². The minimum atomic E-state index is -0.227. The average Bonchev–Trinajstić information content (AvgIpc) is 2.38. The SMILES string of the molecule is CCCCNC(=O)NCC1(CCC)CNCCO1. The van der Waals surface area contributed by atoms with Crippen LogP contribution in [0, 0.1) is 0 Å². The third-order valence-electron chi connectivity index (χ3n) is 3.23. The first-order chi connectivity index (χ1) is 8.72. The second kappa shape index (κ2) is 8.32. The van der Waals surface area contributed by atoms with Gasteiger partial charge in [0.2, 0.25) is 0 Å². The summed E-state index contributed by atoms with van der Waals surface area (Å²) in [6, 6.07) is -0.0897. The Balaban J connectivity index is 2.30. The molecule has 0 spiro atoms. The lowest BCUT2D eigenvalue weighted by Crippen LogP contribution is -2.56. The van der Waals surface area contributed by atoms with Crippen LogP contribution in [-0.4, -0.2) is 44.4 Å². The molecule has 18 heavy (non-hydrogen) atoms. The summed E-state index contributed by atoms with van der Waals surface area (Å²) >= 11 is 0. The van der Waals surface area contributed by atoms with E-state index < -0.39 is 0 Å². The van der Waals surface area contributed by atoms with Gasteiger partial charge in [0.25, 0.3) is 0 Å². The van der Waals surface area contributed by atoms with Gasteiger partial charge >= 0.3 is 6.03 Å². The molecule has 5 heteroatoms. The molecule has 2 amide bonds. The Morgan fingerprint density at radius 1 is 1.33 bits per heavy atom. The van der Waals surface area contributed by atoms with Crippen molar-refractivity contribution >= 4 is 6.03 Å². The van der Waals surface area contributed by atoms with Gasteiger partial charge in [-0.1, -0.05) is 26.7 Å². The molecule has 106 valence electrons. The van der Waals surface area contributed by atoms with E-state index in [4.69, 9.17) is 4.74 Å². The highest BCUT2D eigenvalue weighted by molar-refractivity contribution is 5.73. The summed E-state index contributed by atoms with van der Waals surface area (Å²) in [5.41, 5.74) is -0.227. The number of carbonyl (C=O) groups excluding carboxylic acids is 1. The third kappa shape index (κ3) is 5.23. The van der Waals surface area contributed by atoms with Gasteiger partial charge in [0.15, 0.2) is 0 Å². The van der Waals surface area contributed by atoms with Crippen LogP contribution in [0.2, 0.25) is 0 Å². The zero-order valence-electron chi connectivity index (χ0n) is 11.7. The fourth-order valence-corrected chi connectivity index (χ4v) is 2.21. The van der Waals surface area contributed by atoms with Crippen molar-refractivity contribution in [2.75, 3.05) is 32.8 Å². The number of nitrogens with one attached hydrogen (secondary N) is 3. The molecule has 0 aromatic heterocycles. The highest BCUT2D eigenvalue weighted by Crippen LogP contribution is 2.19. The summed E-state index contributed by atoms with van der Waals surface area (Å²) in [5.74, 6) is 0. The van der Waals surface area contributed by atoms with Crippen molar-refractivity contribution < 1.29 is 9.53 Å². The molecule has 3 N–H and O–H groups in total. The lowest BCUT2D eigenvalue weighted by Gasteiger charge is -2.37. The van der Waals surface area contributed by atoms with Crippen LogP contribution in [0.15, 0.2) is 0 Å². The first-order valence-corrected chi connectivity index (χ1v) is 7.09. The number of ether oxygens (including phenoxy) is 1. The van der Waals surface area contributed by atoms with Crippen molar-refractivity contribution in [3.63, 3.8) is 0 Å². The van der Waals surface area contributed by atoms with Crippen molar-refractivity contribution in [3.05, 3.63) is 0 Å². The van der Waals surface area contributed by atoms with Crippen molar-refractivity contribution in [2.24, 2.45) is 0 Å².